The van der Waals surface area contributed by atoms with E-state index in [-0.39, 0.29) is 6.10 Å². The fourth-order valence-corrected chi connectivity index (χ4v) is 1.66. The molecule has 1 aromatic rings. The molecule has 15 heavy (non-hydrogen) atoms. The Morgan fingerprint density at radius 2 is 2.07 bits per heavy atom. The van der Waals surface area contributed by atoms with Gasteiger partial charge in [-0.25, -0.2) is 0 Å². The fraction of sp³-hybridized carbons (Fsp3) is 0.538. The zero-order valence-corrected chi connectivity index (χ0v) is 10.3. The lowest BCUT2D eigenvalue weighted by molar-refractivity contribution is 0.242. The molecule has 0 fully saturated rings. The van der Waals surface area contributed by atoms with Crippen molar-refractivity contribution in [3.05, 3.63) is 29.8 Å². The molecule has 0 saturated carbocycles. The summed E-state index contributed by atoms with van der Waals surface area (Å²) in [6.45, 7) is 4.08. The van der Waals surface area contributed by atoms with Crippen molar-refractivity contribution < 1.29 is 4.74 Å². The van der Waals surface area contributed by atoms with Crippen LogP contribution >= 0.6 is 11.6 Å². The molecule has 0 amide bonds. The van der Waals surface area contributed by atoms with Crippen LogP contribution in [0.5, 0.6) is 5.75 Å². The second kappa shape index (κ2) is 6.73. The number of aryl methyl sites for hydroxylation is 1. The first-order valence-electron chi connectivity index (χ1n) is 5.54. The lowest BCUT2D eigenvalue weighted by atomic mass is 10.1. The summed E-state index contributed by atoms with van der Waals surface area (Å²) in [4.78, 5) is 0. The van der Waals surface area contributed by atoms with E-state index in [0.29, 0.717) is 0 Å². The smallest absolute Gasteiger partial charge is 0.119 e. The van der Waals surface area contributed by atoms with Gasteiger partial charge in [-0.1, -0.05) is 12.1 Å². The maximum absolute atomic E-state index is 5.64. The maximum atomic E-state index is 5.64. The molecular formula is C13H19ClO. The summed E-state index contributed by atoms with van der Waals surface area (Å²) in [6.07, 6.45) is 3.55. The number of unbranched alkanes of at least 4 members (excludes halogenated alkanes) is 1. The van der Waals surface area contributed by atoms with Crippen LogP contribution in [0, 0.1) is 0 Å². The number of halogens is 1. The van der Waals surface area contributed by atoms with Crippen molar-refractivity contribution in [1.82, 2.24) is 0 Å². The highest BCUT2D eigenvalue weighted by Crippen LogP contribution is 2.16. The van der Waals surface area contributed by atoms with Gasteiger partial charge >= 0.3 is 0 Å². The Kier molecular flexibility index (Phi) is 5.56. The quantitative estimate of drug-likeness (QED) is 0.526. The molecule has 0 atom stereocenters. The Bertz CT molecular complexity index is 284. The van der Waals surface area contributed by atoms with Gasteiger partial charge < -0.3 is 4.74 Å². The minimum atomic E-state index is 0.239. The summed E-state index contributed by atoms with van der Waals surface area (Å²) in [7, 11) is 0. The molecule has 0 saturated heterocycles. The van der Waals surface area contributed by atoms with Crippen molar-refractivity contribution in [3.8, 4) is 5.75 Å². The Labute approximate surface area is 97.4 Å². The summed E-state index contributed by atoms with van der Waals surface area (Å²) in [5.74, 6) is 1.72. The monoisotopic (exact) mass is 226 g/mol. The molecular weight excluding hydrogens is 208 g/mol. The summed E-state index contributed by atoms with van der Waals surface area (Å²) in [6, 6.07) is 8.31. The number of rotatable bonds is 6. The molecule has 1 aromatic carbocycles. The van der Waals surface area contributed by atoms with Gasteiger partial charge in [0.2, 0.25) is 0 Å². The van der Waals surface area contributed by atoms with E-state index in [4.69, 9.17) is 16.3 Å². The standard InChI is InChI=1S/C13H19ClO/c1-11(2)15-13-8-5-7-12(10-13)6-3-4-9-14/h5,7-8,10-11H,3-4,6,9H2,1-2H3. The second-order valence-electron chi connectivity index (χ2n) is 3.96. The Morgan fingerprint density at radius 3 is 2.73 bits per heavy atom. The molecule has 0 spiro atoms. The highest BCUT2D eigenvalue weighted by molar-refractivity contribution is 6.17. The summed E-state index contributed by atoms with van der Waals surface area (Å²) < 4.78 is 5.64. The highest BCUT2D eigenvalue weighted by Gasteiger charge is 1.99. The molecule has 0 radical (unpaired) electrons. The van der Waals surface area contributed by atoms with Gasteiger partial charge in [-0.2, -0.15) is 0 Å². The normalized spacial score (nSPS) is 10.7. The molecule has 0 bridgehead atoms. The van der Waals surface area contributed by atoms with Crippen LogP contribution in [-0.4, -0.2) is 12.0 Å². The number of hydrogen-bond donors (Lipinski definition) is 0. The van der Waals surface area contributed by atoms with Crippen molar-refractivity contribution in [2.24, 2.45) is 0 Å². The lowest BCUT2D eigenvalue weighted by Crippen LogP contribution is -2.05. The van der Waals surface area contributed by atoms with E-state index in [1.807, 2.05) is 26.0 Å². The first-order chi connectivity index (χ1) is 7.22. The molecule has 0 aromatic heterocycles. The fourth-order valence-electron chi connectivity index (χ4n) is 1.47. The minimum Gasteiger partial charge on any atom is -0.491 e. The van der Waals surface area contributed by atoms with Gasteiger partial charge in [0.1, 0.15) is 5.75 Å². The van der Waals surface area contributed by atoms with Gasteiger partial charge in [0, 0.05) is 5.88 Å². The van der Waals surface area contributed by atoms with E-state index < -0.39 is 0 Å². The molecule has 1 nitrogen and oxygen atoms in total. The van der Waals surface area contributed by atoms with Crippen molar-refractivity contribution in [1.29, 1.82) is 0 Å². The van der Waals surface area contributed by atoms with E-state index in [0.717, 1.165) is 30.9 Å². The van der Waals surface area contributed by atoms with Crippen molar-refractivity contribution >= 4 is 11.6 Å². The summed E-state index contributed by atoms with van der Waals surface area (Å²) >= 11 is 5.64. The Hall–Kier alpha value is -0.690. The minimum absolute atomic E-state index is 0.239. The van der Waals surface area contributed by atoms with E-state index in [1.54, 1.807) is 0 Å². The van der Waals surface area contributed by atoms with Crippen LogP contribution in [0.1, 0.15) is 32.3 Å². The third-order valence-electron chi connectivity index (χ3n) is 2.12. The van der Waals surface area contributed by atoms with Gasteiger partial charge in [-0.15, -0.1) is 11.6 Å². The summed E-state index contributed by atoms with van der Waals surface area (Å²) in [5, 5.41) is 0. The van der Waals surface area contributed by atoms with Gasteiger partial charge in [0.25, 0.3) is 0 Å². The van der Waals surface area contributed by atoms with Crippen LogP contribution in [0.3, 0.4) is 0 Å². The van der Waals surface area contributed by atoms with Crippen LogP contribution in [0.25, 0.3) is 0 Å². The van der Waals surface area contributed by atoms with Crippen molar-refractivity contribution in [2.45, 2.75) is 39.2 Å². The molecule has 2 heteroatoms. The SMILES string of the molecule is CC(C)Oc1cccc(CCCCCl)c1. The number of ether oxygens (including phenoxy) is 1. The van der Waals surface area contributed by atoms with Crippen LogP contribution < -0.4 is 4.74 Å². The van der Waals surface area contributed by atoms with Crippen molar-refractivity contribution in [3.63, 3.8) is 0 Å². The Balaban J connectivity index is 2.50. The van der Waals surface area contributed by atoms with Crippen molar-refractivity contribution in [2.75, 3.05) is 5.88 Å². The maximum Gasteiger partial charge on any atom is 0.119 e. The second-order valence-corrected chi connectivity index (χ2v) is 4.34. The third-order valence-corrected chi connectivity index (χ3v) is 2.39. The predicted molar refractivity (Wildman–Crippen MR) is 65.9 cm³/mol. The zero-order chi connectivity index (χ0) is 11.1. The van der Waals surface area contributed by atoms with E-state index >= 15 is 0 Å². The molecule has 84 valence electrons. The molecule has 1 rings (SSSR count). The van der Waals surface area contributed by atoms with E-state index in [9.17, 15) is 0 Å². The molecule has 0 heterocycles. The average Bonchev–Trinajstić information content (AvgIpc) is 2.18. The first kappa shape index (κ1) is 12.4. The van der Waals surface area contributed by atoms with Gasteiger partial charge in [-0.05, 0) is 50.8 Å². The van der Waals surface area contributed by atoms with Gasteiger partial charge in [-0.3, -0.25) is 0 Å². The molecule has 0 aliphatic carbocycles. The van der Waals surface area contributed by atoms with E-state index in [2.05, 4.69) is 12.1 Å². The summed E-state index contributed by atoms with van der Waals surface area (Å²) in [5.41, 5.74) is 1.33. The van der Waals surface area contributed by atoms with Crippen LogP contribution in [0.15, 0.2) is 24.3 Å². The first-order valence-corrected chi connectivity index (χ1v) is 6.07. The van der Waals surface area contributed by atoms with Crippen LogP contribution in [0.4, 0.5) is 0 Å². The number of alkyl halides is 1. The number of hydrogen-bond acceptors (Lipinski definition) is 1. The van der Waals surface area contributed by atoms with Crippen LogP contribution in [0.2, 0.25) is 0 Å². The Morgan fingerprint density at radius 1 is 1.27 bits per heavy atom. The molecule has 0 aliphatic heterocycles. The zero-order valence-electron chi connectivity index (χ0n) is 9.50. The van der Waals surface area contributed by atoms with Crippen LogP contribution in [-0.2, 0) is 6.42 Å². The van der Waals surface area contributed by atoms with Gasteiger partial charge in [0.05, 0.1) is 6.10 Å². The third kappa shape index (κ3) is 5.08. The number of benzene rings is 1. The van der Waals surface area contributed by atoms with Gasteiger partial charge in [0.15, 0.2) is 0 Å². The average molecular weight is 227 g/mol. The largest absolute Gasteiger partial charge is 0.491 e. The lowest BCUT2D eigenvalue weighted by Gasteiger charge is -2.10. The highest BCUT2D eigenvalue weighted by atomic mass is 35.5. The molecule has 0 aliphatic rings. The molecule has 0 unspecified atom stereocenters. The van der Waals surface area contributed by atoms with E-state index in [1.165, 1.54) is 5.56 Å². The topological polar surface area (TPSA) is 9.23 Å². The molecule has 0 N–H and O–H groups in total. The predicted octanol–water partition coefficient (Wildman–Crippen LogP) is 4.04.